The van der Waals surface area contributed by atoms with Crippen molar-refractivity contribution in [2.75, 3.05) is 18.8 Å². The summed E-state index contributed by atoms with van der Waals surface area (Å²) in [6, 6.07) is 1.81. The molecule has 1 saturated heterocycles. The second-order valence-corrected chi connectivity index (χ2v) is 6.23. The maximum absolute atomic E-state index is 12.6. The van der Waals surface area contributed by atoms with Gasteiger partial charge in [0.1, 0.15) is 5.69 Å². The predicted molar refractivity (Wildman–Crippen MR) is 82.6 cm³/mol. The molecule has 0 aromatic carbocycles. The zero-order valence-corrected chi connectivity index (χ0v) is 12.9. The molecule has 2 N–H and O–H groups in total. The monoisotopic (exact) mass is 277 g/mol. The number of hydrogen-bond donors (Lipinski definition) is 1. The highest BCUT2D eigenvalue weighted by Crippen LogP contribution is 2.25. The fraction of sp³-hybridized carbons (Fsp3) is 0.688. The van der Waals surface area contributed by atoms with Gasteiger partial charge in [-0.2, -0.15) is 0 Å². The van der Waals surface area contributed by atoms with Crippen LogP contribution in [0.3, 0.4) is 0 Å². The number of carbonyl (C=O) groups is 1. The molecule has 20 heavy (non-hydrogen) atoms. The number of hydrogen-bond acceptors (Lipinski definition) is 2. The molecule has 1 aliphatic rings. The molecule has 0 unspecified atom stereocenters. The van der Waals surface area contributed by atoms with E-state index < -0.39 is 0 Å². The van der Waals surface area contributed by atoms with Crippen molar-refractivity contribution in [2.45, 2.75) is 46.6 Å². The molecule has 2 heterocycles. The van der Waals surface area contributed by atoms with Gasteiger partial charge in [0.05, 0.1) is 5.69 Å². The minimum absolute atomic E-state index is 0.136. The number of anilines is 1. The Kier molecular flexibility index (Phi) is 4.73. The number of aryl methyl sites for hydroxylation is 1. The molecular formula is C16H27N3O. The first kappa shape index (κ1) is 14.9. The van der Waals surface area contributed by atoms with E-state index in [0.29, 0.717) is 11.6 Å². The molecule has 1 fully saturated rings. The van der Waals surface area contributed by atoms with Crippen molar-refractivity contribution >= 4 is 11.6 Å². The van der Waals surface area contributed by atoms with Gasteiger partial charge < -0.3 is 15.2 Å². The lowest BCUT2D eigenvalue weighted by molar-refractivity contribution is 0.0657. The van der Waals surface area contributed by atoms with E-state index in [1.54, 1.807) is 0 Å². The summed E-state index contributed by atoms with van der Waals surface area (Å²) in [5.74, 6) is 1.61. The maximum Gasteiger partial charge on any atom is 0.270 e. The first-order valence-corrected chi connectivity index (χ1v) is 7.77. The molecule has 1 aliphatic heterocycles. The predicted octanol–water partition coefficient (Wildman–Crippen LogP) is 2.99. The van der Waals surface area contributed by atoms with Crippen molar-refractivity contribution in [1.29, 1.82) is 0 Å². The van der Waals surface area contributed by atoms with Gasteiger partial charge in [0.15, 0.2) is 0 Å². The normalized spacial score (nSPS) is 16.9. The third-order valence-corrected chi connectivity index (χ3v) is 4.37. The van der Waals surface area contributed by atoms with Crippen molar-refractivity contribution in [3.05, 3.63) is 18.0 Å². The number of carbonyl (C=O) groups excluding carboxylic acids is 1. The Morgan fingerprint density at radius 3 is 2.60 bits per heavy atom. The molecule has 0 aliphatic carbocycles. The zero-order valence-electron chi connectivity index (χ0n) is 12.9. The molecule has 0 bridgehead atoms. The number of likely N-dealkylation sites (tertiary alicyclic amines) is 1. The van der Waals surface area contributed by atoms with E-state index in [9.17, 15) is 4.79 Å². The molecule has 2 rings (SSSR count). The summed E-state index contributed by atoms with van der Waals surface area (Å²) in [6.07, 6.45) is 5.11. The standard InChI is InChI=1S/C16H27N3O/c1-4-7-19-11-14(17)10-15(19)16(20)18-8-5-13(6-9-18)12(2)3/h10-13H,4-9,17H2,1-3H3. The number of nitrogens with two attached hydrogens (primary N) is 1. The lowest BCUT2D eigenvalue weighted by Crippen LogP contribution is -2.40. The van der Waals surface area contributed by atoms with Crippen LogP contribution in [-0.2, 0) is 6.54 Å². The van der Waals surface area contributed by atoms with E-state index >= 15 is 0 Å². The van der Waals surface area contributed by atoms with Gasteiger partial charge >= 0.3 is 0 Å². The van der Waals surface area contributed by atoms with Crippen LogP contribution in [0.2, 0.25) is 0 Å². The highest BCUT2D eigenvalue weighted by molar-refractivity contribution is 5.93. The Bertz CT molecular complexity index is 456. The largest absolute Gasteiger partial charge is 0.397 e. The van der Waals surface area contributed by atoms with E-state index in [0.717, 1.165) is 50.5 Å². The van der Waals surface area contributed by atoms with Crippen LogP contribution in [-0.4, -0.2) is 28.5 Å². The van der Waals surface area contributed by atoms with Crippen LogP contribution >= 0.6 is 0 Å². The summed E-state index contributed by atoms with van der Waals surface area (Å²) >= 11 is 0. The third kappa shape index (κ3) is 3.17. The number of rotatable bonds is 4. The van der Waals surface area contributed by atoms with Crippen molar-refractivity contribution in [3.8, 4) is 0 Å². The van der Waals surface area contributed by atoms with Crippen LogP contribution in [0.4, 0.5) is 5.69 Å². The molecule has 4 heteroatoms. The van der Waals surface area contributed by atoms with Crippen molar-refractivity contribution in [1.82, 2.24) is 9.47 Å². The topological polar surface area (TPSA) is 51.3 Å². The molecule has 0 spiro atoms. The van der Waals surface area contributed by atoms with E-state index in [1.807, 2.05) is 21.7 Å². The van der Waals surface area contributed by atoms with Gasteiger partial charge in [-0.25, -0.2) is 0 Å². The summed E-state index contributed by atoms with van der Waals surface area (Å²) in [6.45, 7) is 9.25. The van der Waals surface area contributed by atoms with Gasteiger partial charge in [-0.1, -0.05) is 20.8 Å². The van der Waals surface area contributed by atoms with Crippen molar-refractivity contribution in [2.24, 2.45) is 11.8 Å². The smallest absolute Gasteiger partial charge is 0.270 e. The van der Waals surface area contributed by atoms with Crippen LogP contribution in [0.25, 0.3) is 0 Å². The van der Waals surface area contributed by atoms with Crippen LogP contribution in [0.5, 0.6) is 0 Å². The number of nitrogen functional groups attached to an aromatic ring is 1. The van der Waals surface area contributed by atoms with Crippen LogP contribution < -0.4 is 5.73 Å². The fourth-order valence-electron chi connectivity index (χ4n) is 3.07. The molecule has 4 nitrogen and oxygen atoms in total. The number of aromatic nitrogens is 1. The van der Waals surface area contributed by atoms with Gasteiger partial charge in [-0.05, 0) is 37.2 Å². The summed E-state index contributed by atoms with van der Waals surface area (Å²) in [5, 5.41) is 0. The van der Waals surface area contributed by atoms with Gasteiger partial charge in [-0.3, -0.25) is 4.79 Å². The quantitative estimate of drug-likeness (QED) is 0.920. The van der Waals surface area contributed by atoms with E-state index in [2.05, 4.69) is 20.8 Å². The second kappa shape index (κ2) is 6.33. The second-order valence-electron chi connectivity index (χ2n) is 6.23. The van der Waals surface area contributed by atoms with Gasteiger partial charge in [0.2, 0.25) is 0 Å². The van der Waals surface area contributed by atoms with Gasteiger partial charge in [0, 0.05) is 25.8 Å². The minimum Gasteiger partial charge on any atom is -0.397 e. The van der Waals surface area contributed by atoms with Crippen molar-refractivity contribution < 1.29 is 4.79 Å². The summed E-state index contributed by atoms with van der Waals surface area (Å²) in [4.78, 5) is 14.6. The fourth-order valence-corrected chi connectivity index (χ4v) is 3.07. The Hall–Kier alpha value is -1.45. The Morgan fingerprint density at radius 2 is 2.05 bits per heavy atom. The highest BCUT2D eigenvalue weighted by atomic mass is 16.2. The van der Waals surface area contributed by atoms with Crippen LogP contribution in [0.15, 0.2) is 12.3 Å². The third-order valence-electron chi connectivity index (χ3n) is 4.37. The molecule has 0 radical (unpaired) electrons. The van der Waals surface area contributed by atoms with Crippen LogP contribution in [0, 0.1) is 11.8 Å². The molecule has 112 valence electrons. The first-order chi connectivity index (χ1) is 9.52. The SMILES string of the molecule is CCCn1cc(N)cc1C(=O)N1CCC(C(C)C)CC1. The maximum atomic E-state index is 12.6. The van der Waals surface area contributed by atoms with Gasteiger partial charge in [-0.15, -0.1) is 0 Å². The molecule has 1 amide bonds. The lowest BCUT2D eigenvalue weighted by Gasteiger charge is -2.34. The highest BCUT2D eigenvalue weighted by Gasteiger charge is 2.26. The molecular weight excluding hydrogens is 250 g/mol. The Morgan fingerprint density at radius 1 is 1.40 bits per heavy atom. The number of piperidine rings is 1. The molecule has 0 saturated carbocycles. The molecule has 1 aromatic rings. The Balaban J connectivity index is 2.05. The summed E-state index contributed by atoms with van der Waals surface area (Å²) < 4.78 is 1.99. The summed E-state index contributed by atoms with van der Waals surface area (Å²) in [7, 11) is 0. The molecule has 1 aromatic heterocycles. The average molecular weight is 277 g/mol. The minimum atomic E-state index is 0.136. The lowest BCUT2D eigenvalue weighted by atomic mass is 9.86. The zero-order chi connectivity index (χ0) is 14.7. The first-order valence-electron chi connectivity index (χ1n) is 7.77. The number of nitrogens with zero attached hydrogens (tertiary/aromatic N) is 2. The Labute approximate surface area is 121 Å². The van der Waals surface area contributed by atoms with E-state index in [1.165, 1.54) is 0 Å². The number of amides is 1. The van der Waals surface area contributed by atoms with E-state index in [4.69, 9.17) is 5.73 Å². The van der Waals surface area contributed by atoms with Crippen molar-refractivity contribution in [3.63, 3.8) is 0 Å². The molecule has 0 atom stereocenters. The van der Waals surface area contributed by atoms with E-state index in [-0.39, 0.29) is 5.91 Å². The average Bonchev–Trinajstić information content (AvgIpc) is 2.79. The summed E-state index contributed by atoms with van der Waals surface area (Å²) in [5.41, 5.74) is 7.27. The van der Waals surface area contributed by atoms with Gasteiger partial charge in [0.25, 0.3) is 5.91 Å². The van der Waals surface area contributed by atoms with Crippen LogP contribution in [0.1, 0.15) is 50.5 Å².